The molecule has 0 spiro atoms. The molecule has 0 aromatic heterocycles. The summed E-state index contributed by atoms with van der Waals surface area (Å²) in [7, 11) is 0. The number of hydrogen-bond acceptors (Lipinski definition) is 5. The van der Waals surface area contributed by atoms with Gasteiger partial charge in [0.15, 0.2) is 0 Å². The van der Waals surface area contributed by atoms with Gasteiger partial charge in [-0.1, -0.05) is 6.07 Å². The van der Waals surface area contributed by atoms with Crippen molar-refractivity contribution in [2.45, 2.75) is 13.3 Å². The number of nitro benzene ring substituents is 1. The maximum absolute atomic E-state index is 11.9. The molecule has 0 aliphatic heterocycles. The Kier molecular flexibility index (Phi) is 6.67. The number of ether oxygens (including phenoxy) is 1. The fourth-order valence-corrected chi connectivity index (χ4v) is 2.17. The molecule has 8 nitrogen and oxygen atoms in total. The average molecular weight is 357 g/mol. The molecule has 2 N–H and O–H groups in total. The Labute approximate surface area is 150 Å². The van der Waals surface area contributed by atoms with Gasteiger partial charge in [0.05, 0.1) is 11.5 Å². The van der Waals surface area contributed by atoms with Crippen LogP contribution in [0.2, 0.25) is 0 Å². The fraction of sp³-hybridized carbons (Fsp3) is 0.222. The van der Waals surface area contributed by atoms with Crippen molar-refractivity contribution in [3.63, 3.8) is 0 Å². The summed E-state index contributed by atoms with van der Waals surface area (Å²) >= 11 is 0. The number of anilines is 1. The van der Waals surface area contributed by atoms with E-state index in [2.05, 4.69) is 10.6 Å². The van der Waals surface area contributed by atoms with E-state index in [4.69, 9.17) is 4.74 Å². The van der Waals surface area contributed by atoms with Gasteiger partial charge in [0.25, 0.3) is 11.6 Å². The highest BCUT2D eigenvalue weighted by atomic mass is 16.6. The first-order valence-corrected chi connectivity index (χ1v) is 7.99. The lowest BCUT2D eigenvalue weighted by molar-refractivity contribution is -0.384. The van der Waals surface area contributed by atoms with Crippen LogP contribution in [0.3, 0.4) is 0 Å². The van der Waals surface area contributed by atoms with Gasteiger partial charge in [-0.05, 0) is 30.7 Å². The molecule has 8 heteroatoms. The minimum absolute atomic E-state index is 0.0588. The van der Waals surface area contributed by atoms with Crippen molar-refractivity contribution in [3.8, 4) is 5.75 Å². The minimum Gasteiger partial charge on any atom is -0.493 e. The van der Waals surface area contributed by atoms with Gasteiger partial charge in [-0.2, -0.15) is 0 Å². The second kappa shape index (κ2) is 9.16. The molecule has 0 fully saturated rings. The van der Waals surface area contributed by atoms with Gasteiger partial charge in [-0.3, -0.25) is 19.7 Å². The molecule has 0 atom stereocenters. The number of hydrogen-bond donors (Lipinski definition) is 2. The lowest BCUT2D eigenvalue weighted by Gasteiger charge is -2.09. The zero-order chi connectivity index (χ0) is 18.9. The van der Waals surface area contributed by atoms with E-state index in [9.17, 15) is 19.7 Å². The molecule has 2 aromatic rings. The molecular formula is C18H19N3O5. The number of benzene rings is 2. The highest BCUT2D eigenvalue weighted by molar-refractivity contribution is 5.94. The van der Waals surface area contributed by atoms with E-state index in [-0.39, 0.29) is 17.5 Å². The molecule has 0 radical (unpaired) electrons. The standard InChI is InChI=1S/C18H19N3O5/c1-13(22)20-15-4-2-5-17(12-15)26-11-3-10-19-18(23)14-6-8-16(9-7-14)21(24)25/h2,4-9,12H,3,10-11H2,1H3,(H,19,23)(H,20,22). The van der Waals surface area contributed by atoms with E-state index in [0.29, 0.717) is 36.6 Å². The molecule has 0 heterocycles. The molecule has 0 saturated heterocycles. The predicted molar refractivity (Wildman–Crippen MR) is 96.3 cm³/mol. The van der Waals surface area contributed by atoms with Crippen LogP contribution >= 0.6 is 0 Å². The Hall–Kier alpha value is -3.42. The Morgan fingerprint density at radius 1 is 1.15 bits per heavy atom. The molecule has 0 aliphatic rings. The lowest BCUT2D eigenvalue weighted by atomic mass is 10.2. The highest BCUT2D eigenvalue weighted by Crippen LogP contribution is 2.17. The summed E-state index contributed by atoms with van der Waals surface area (Å²) in [4.78, 5) is 33.0. The molecule has 136 valence electrons. The predicted octanol–water partition coefficient (Wildman–Crippen LogP) is 2.75. The van der Waals surface area contributed by atoms with Crippen molar-refractivity contribution < 1.29 is 19.2 Å². The van der Waals surface area contributed by atoms with Crippen LogP contribution in [-0.4, -0.2) is 29.9 Å². The van der Waals surface area contributed by atoms with Crippen molar-refractivity contribution in [2.75, 3.05) is 18.5 Å². The first-order valence-electron chi connectivity index (χ1n) is 7.99. The topological polar surface area (TPSA) is 111 Å². The van der Waals surface area contributed by atoms with E-state index in [1.165, 1.54) is 31.2 Å². The molecule has 2 rings (SSSR count). The third kappa shape index (κ3) is 5.90. The molecule has 0 bridgehead atoms. The second-order valence-corrected chi connectivity index (χ2v) is 5.47. The first-order chi connectivity index (χ1) is 12.5. The summed E-state index contributed by atoms with van der Waals surface area (Å²) in [6.07, 6.45) is 0.586. The molecule has 0 unspecified atom stereocenters. The zero-order valence-corrected chi connectivity index (χ0v) is 14.2. The molecule has 0 aliphatic carbocycles. The first kappa shape index (κ1) is 18.9. The van der Waals surface area contributed by atoms with Crippen LogP contribution in [0.5, 0.6) is 5.75 Å². The minimum atomic E-state index is -0.514. The van der Waals surface area contributed by atoms with Crippen molar-refractivity contribution >= 4 is 23.2 Å². The largest absolute Gasteiger partial charge is 0.493 e. The van der Waals surface area contributed by atoms with Gasteiger partial charge < -0.3 is 15.4 Å². The van der Waals surface area contributed by atoms with Crippen LogP contribution in [0.1, 0.15) is 23.7 Å². The summed E-state index contributed by atoms with van der Waals surface area (Å²) in [5.41, 5.74) is 0.956. The SMILES string of the molecule is CC(=O)Nc1cccc(OCCCNC(=O)c2ccc([N+](=O)[O-])cc2)c1. The van der Waals surface area contributed by atoms with Crippen molar-refractivity contribution in [3.05, 3.63) is 64.2 Å². The van der Waals surface area contributed by atoms with Gasteiger partial charge in [0.2, 0.25) is 5.91 Å². The maximum atomic E-state index is 11.9. The summed E-state index contributed by atoms with van der Waals surface area (Å²) in [6.45, 7) is 2.23. The van der Waals surface area contributed by atoms with Crippen molar-refractivity contribution in [1.82, 2.24) is 5.32 Å². The zero-order valence-electron chi connectivity index (χ0n) is 14.2. The number of nitro groups is 1. The van der Waals surface area contributed by atoms with Gasteiger partial charge in [0.1, 0.15) is 5.75 Å². The Morgan fingerprint density at radius 3 is 2.54 bits per heavy atom. The van der Waals surface area contributed by atoms with Gasteiger partial charge in [-0.25, -0.2) is 0 Å². The Morgan fingerprint density at radius 2 is 1.88 bits per heavy atom. The van der Waals surface area contributed by atoms with Crippen molar-refractivity contribution in [2.24, 2.45) is 0 Å². The molecule has 26 heavy (non-hydrogen) atoms. The number of carbonyl (C=O) groups excluding carboxylic acids is 2. The molecule has 0 saturated carbocycles. The van der Waals surface area contributed by atoms with E-state index in [1.807, 2.05) is 0 Å². The Bertz CT molecular complexity index is 790. The number of nitrogens with one attached hydrogen (secondary N) is 2. The van der Waals surface area contributed by atoms with E-state index >= 15 is 0 Å². The smallest absolute Gasteiger partial charge is 0.269 e. The number of nitrogens with zero attached hydrogens (tertiary/aromatic N) is 1. The third-order valence-corrected chi connectivity index (χ3v) is 3.37. The van der Waals surface area contributed by atoms with E-state index in [0.717, 1.165) is 0 Å². The van der Waals surface area contributed by atoms with Crippen LogP contribution in [0.15, 0.2) is 48.5 Å². The van der Waals surface area contributed by atoms with Crippen LogP contribution in [-0.2, 0) is 4.79 Å². The number of rotatable bonds is 8. The summed E-state index contributed by atoms with van der Waals surface area (Å²) in [6, 6.07) is 12.4. The number of amides is 2. The quantitative estimate of drug-likeness (QED) is 0.429. The van der Waals surface area contributed by atoms with Crippen LogP contribution in [0, 0.1) is 10.1 Å². The van der Waals surface area contributed by atoms with E-state index in [1.54, 1.807) is 24.3 Å². The van der Waals surface area contributed by atoms with Gasteiger partial charge in [-0.15, -0.1) is 0 Å². The Balaban J connectivity index is 1.72. The number of carbonyl (C=O) groups is 2. The monoisotopic (exact) mass is 357 g/mol. The van der Waals surface area contributed by atoms with Gasteiger partial charge in [0, 0.05) is 42.9 Å². The third-order valence-electron chi connectivity index (χ3n) is 3.37. The molecule has 2 amide bonds. The average Bonchev–Trinajstić information content (AvgIpc) is 2.61. The van der Waals surface area contributed by atoms with E-state index < -0.39 is 4.92 Å². The molecule has 2 aromatic carbocycles. The lowest BCUT2D eigenvalue weighted by Crippen LogP contribution is -2.25. The second-order valence-electron chi connectivity index (χ2n) is 5.47. The van der Waals surface area contributed by atoms with Crippen LogP contribution < -0.4 is 15.4 Å². The van der Waals surface area contributed by atoms with Crippen molar-refractivity contribution in [1.29, 1.82) is 0 Å². The summed E-state index contributed by atoms with van der Waals surface area (Å²) < 4.78 is 5.58. The highest BCUT2D eigenvalue weighted by Gasteiger charge is 2.08. The van der Waals surface area contributed by atoms with Crippen LogP contribution in [0.4, 0.5) is 11.4 Å². The fourth-order valence-electron chi connectivity index (χ4n) is 2.17. The summed E-state index contributed by atoms with van der Waals surface area (Å²) in [5, 5.41) is 16.0. The normalized spacial score (nSPS) is 10.0. The van der Waals surface area contributed by atoms with Gasteiger partial charge >= 0.3 is 0 Å². The van der Waals surface area contributed by atoms with Crippen LogP contribution in [0.25, 0.3) is 0 Å². The summed E-state index contributed by atoms with van der Waals surface area (Å²) in [5.74, 6) is 0.168. The number of non-ortho nitro benzene ring substituents is 1. The maximum Gasteiger partial charge on any atom is 0.269 e. The molecular weight excluding hydrogens is 338 g/mol.